The highest BCUT2D eigenvalue weighted by molar-refractivity contribution is 6.29. The van der Waals surface area contributed by atoms with Crippen LogP contribution in [0, 0.1) is 0 Å². The Morgan fingerprint density at radius 2 is 0.829 bits per heavy atom. The van der Waals surface area contributed by atoms with Crippen LogP contribution in [0.4, 0.5) is 5.69 Å². The molecule has 0 saturated heterocycles. The molecule has 6 heteroatoms. The van der Waals surface area contributed by atoms with Crippen molar-refractivity contribution in [3.05, 3.63) is 135 Å². The summed E-state index contributed by atoms with van der Waals surface area (Å²) >= 11 is 0. The first kappa shape index (κ1) is 22.1. The van der Waals surface area contributed by atoms with E-state index < -0.39 is 0 Å². The maximum atomic E-state index is 12.3. The highest BCUT2D eigenvalue weighted by Crippen LogP contribution is 2.29. The third-order valence-corrected chi connectivity index (χ3v) is 6.17. The Labute approximate surface area is 201 Å². The molecule has 2 aliphatic rings. The lowest BCUT2D eigenvalue weighted by atomic mass is 9.83. The fraction of sp³-hybridized carbons (Fsp3) is 0.0345. The summed E-state index contributed by atoms with van der Waals surface area (Å²) in [4.78, 5) is 49.0. The van der Waals surface area contributed by atoms with Gasteiger partial charge in [0.05, 0.1) is 0 Å². The van der Waals surface area contributed by atoms with Crippen LogP contribution in [0.25, 0.3) is 0 Å². The molecule has 0 heterocycles. The van der Waals surface area contributed by atoms with Gasteiger partial charge < -0.3 is 11.5 Å². The molecule has 0 aromatic heterocycles. The maximum Gasteiger partial charge on any atom is 0.194 e. The largest absolute Gasteiger partial charge is 0.399 e. The lowest BCUT2D eigenvalue weighted by Gasteiger charge is -2.17. The zero-order valence-corrected chi connectivity index (χ0v) is 18.6. The first-order valence-electron chi connectivity index (χ1n) is 11.0. The van der Waals surface area contributed by atoms with E-state index in [4.69, 9.17) is 11.5 Å². The van der Waals surface area contributed by atoms with Crippen LogP contribution in [-0.2, 0) is 6.54 Å². The number of hydrogen-bond acceptors (Lipinski definition) is 6. The quantitative estimate of drug-likeness (QED) is 0.358. The summed E-state index contributed by atoms with van der Waals surface area (Å²) in [5, 5.41) is 0. The third-order valence-electron chi connectivity index (χ3n) is 6.17. The van der Waals surface area contributed by atoms with Gasteiger partial charge in [-0.05, 0) is 35.9 Å². The minimum Gasteiger partial charge on any atom is -0.399 e. The molecule has 0 fully saturated rings. The summed E-state index contributed by atoms with van der Waals surface area (Å²) in [6, 6.07) is 23.8. The van der Waals surface area contributed by atoms with Gasteiger partial charge in [-0.15, -0.1) is 0 Å². The summed E-state index contributed by atoms with van der Waals surface area (Å²) in [6.07, 6.45) is 0. The van der Waals surface area contributed by atoms with Crippen molar-refractivity contribution in [1.29, 1.82) is 0 Å². The first-order valence-corrected chi connectivity index (χ1v) is 11.0. The average molecular weight is 460 g/mol. The molecule has 0 saturated carbocycles. The standard InChI is InChI=1S/C15H11NO2.C14H9NO2/c16-8-9-5-6-12-13(7-9)15(18)11-4-2-1-3-10(11)14(12)17;15-8-5-6-11-12(7-8)14(17)10-4-2-1-3-9(10)13(11)16/h1-7H,8,16H2;1-7H,15H2. The molecule has 4 aromatic rings. The lowest BCUT2D eigenvalue weighted by Crippen LogP contribution is -2.21. The molecule has 4 N–H and O–H groups in total. The number of nitrogens with two attached hydrogens (primary N) is 2. The van der Waals surface area contributed by atoms with Gasteiger partial charge in [-0.25, -0.2) is 0 Å². The number of fused-ring (bicyclic) bond motifs is 4. The molecular formula is C29H20N2O4. The van der Waals surface area contributed by atoms with Gasteiger partial charge in [-0.3, -0.25) is 19.2 Å². The van der Waals surface area contributed by atoms with E-state index in [9.17, 15) is 19.2 Å². The molecule has 0 atom stereocenters. The Balaban J connectivity index is 0.000000145. The predicted octanol–water partition coefficient (Wildman–Crippen LogP) is 3.96. The monoisotopic (exact) mass is 460 g/mol. The minimum absolute atomic E-state index is 0.0937. The van der Waals surface area contributed by atoms with Crippen molar-refractivity contribution in [2.45, 2.75) is 6.54 Å². The molecule has 0 spiro atoms. The van der Waals surface area contributed by atoms with Crippen LogP contribution in [0.15, 0.2) is 84.9 Å². The first-order chi connectivity index (χ1) is 16.9. The van der Waals surface area contributed by atoms with E-state index in [1.807, 2.05) is 0 Å². The Kier molecular flexibility index (Phi) is 5.43. The van der Waals surface area contributed by atoms with E-state index in [-0.39, 0.29) is 23.1 Å². The van der Waals surface area contributed by atoms with Crippen LogP contribution in [0.1, 0.15) is 69.2 Å². The van der Waals surface area contributed by atoms with E-state index in [0.29, 0.717) is 56.7 Å². The fourth-order valence-electron chi connectivity index (χ4n) is 4.39. The molecule has 0 amide bonds. The molecule has 35 heavy (non-hydrogen) atoms. The molecule has 2 aliphatic carbocycles. The maximum absolute atomic E-state index is 12.3. The fourth-order valence-corrected chi connectivity index (χ4v) is 4.39. The zero-order valence-electron chi connectivity index (χ0n) is 18.6. The smallest absolute Gasteiger partial charge is 0.194 e. The summed E-state index contributed by atoms with van der Waals surface area (Å²) in [6.45, 7) is 0.358. The zero-order chi connectivity index (χ0) is 24.7. The van der Waals surface area contributed by atoms with Gasteiger partial charge in [0.25, 0.3) is 0 Å². The highest BCUT2D eigenvalue weighted by Gasteiger charge is 2.30. The van der Waals surface area contributed by atoms with Gasteiger partial charge in [0, 0.05) is 56.7 Å². The molecule has 0 bridgehead atoms. The molecule has 6 rings (SSSR count). The van der Waals surface area contributed by atoms with Gasteiger partial charge in [0.1, 0.15) is 0 Å². The van der Waals surface area contributed by atoms with Crippen LogP contribution in [0.5, 0.6) is 0 Å². The molecule has 0 radical (unpaired) electrons. The van der Waals surface area contributed by atoms with Crippen LogP contribution < -0.4 is 11.5 Å². The SMILES string of the molecule is NCc1ccc2c(c1)C(=O)c1ccccc1C2=O.Nc1ccc2c(c1)C(=O)c1ccccc1C2=O. The second kappa shape index (κ2) is 8.59. The molecule has 6 nitrogen and oxygen atoms in total. The molecule has 0 aliphatic heterocycles. The van der Waals surface area contributed by atoms with Crippen molar-refractivity contribution >= 4 is 28.8 Å². The van der Waals surface area contributed by atoms with Gasteiger partial charge in [0.2, 0.25) is 0 Å². The normalized spacial score (nSPS) is 13.2. The highest BCUT2D eigenvalue weighted by atomic mass is 16.1. The number of carbonyl (C=O) groups excluding carboxylic acids is 4. The lowest BCUT2D eigenvalue weighted by molar-refractivity contribution is 0.0979. The number of carbonyl (C=O) groups is 4. The van der Waals surface area contributed by atoms with Crippen LogP contribution >= 0.6 is 0 Å². The second-order valence-electron chi connectivity index (χ2n) is 8.30. The van der Waals surface area contributed by atoms with Gasteiger partial charge in [-0.2, -0.15) is 0 Å². The van der Waals surface area contributed by atoms with Gasteiger partial charge in [0.15, 0.2) is 23.1 Å². The number of benzene rings is 4. The molecule has 170 valence electrons. The van der Waals surface area contributed by atoms with Crippen LogP contribution in [0.3, 0.4) is 0 Å². The Morgan fingerprint density at radius 3 is 1.29 bits per heavy atom. The van der Waals surface area contributed by atoms with Crippen LogP contribution in [-0.4, -0.2) is 23.1 Å². The van der Waals surface area contributed by atoms with Crippen molar-refractivity contribution in [3.8, 4) is 0 Å². The predicted molar refractivity (Wildman–Crippen MR) is 132 cm³/mol. The van der Waals surface area contributed by atoms with Gasteiger partial charge in [-0.1, -0.05) is 54.6 Å². The number of anilines is 1. The van der Waals surface area contributed by atoms with Crippen molar-refractivity contribution in [2.24, 2.45) is 5.73 Å². The van der Waals surface area contributed by atoms with E-state index in [2.05, 4.69) is 0 Å². The van der Waals surface area contributed by atoms with E-state index in [1.54, 1.807) is 84.9 Å². The Hall–Kier alpha value is -4.68. The molecular weight excluding hydrogens is 440 g/mol. The van der Waals surface area contributed by atoms with Crippen LogP contribution in [0.2, 0.25) is 0 Å². The molecule has 4 aromatic carbocycles. The average Bonchev–Trinajstić information content (AvgIpc) is 2.90. The Morgan fingerprint density at radius 1 is 0.457 bits per heavy atom. The van der Waals surface area contributed by atoms with Crippen molar-refractivity contribution in [2.75, 3.05) is 5.73 Å². The van der Waals surface area contributed by atoms with E-state index >= 15 is 0 Å². The van der Waals surface area contributed by atoms with Crippen molar-refractivity contribution < 1.29 is 19.2 Å². The number of hydrogen-bond donors (Lipinski definition) is 2. The van der Waals surface area contributed by atoms with Gasteiger partial charge >= 0.3 is 0 Å². The van der Waals surface area contributed by atoms with E-state index in [1.165, 1.54) is 0 Å². The summed E-state index contributed by atoms with van der Waals surface area (Å²) in [7, 11) is 0. The van der Waals surface area contributed by atoms with Crippen molar-refractivity contribution in [3.63, 3.8) is 0 Å². The second-order valence-corrected chi connectivity index (χ2v) is 8.30. The molecule has 0 unspecified atom stereocenters. The Bertz CT molecular complexity index is 1570. The minimum atomic E-state index is -0.137. The van der Waals surface area contributed by atoms with Crippen molar-refractivity contribution in [1.82, 2.24) is 0 Å². The summed E-state index contributed by atoms with van der Waals surface area (Å²) in [5.41, 5.74) is 16.2. The summed E-state index contributed by atoms with van der Waals surface area (Å²) < 4.78 is 0. The topological polar surface area (TPSA) is 120 Å². The summed E-state index contributed by atoms with van der Waals surface area (Å²) in [5.74, 6) is -0.447. The van der Waals surface area contributed by atoms with E-state index in [0.717, 1.165) is 5.56 Å². The number of rotatable bonds is 1. The number of ketones is 4. The number of nitrogen functional groups attached to an aromatic ring is 1. The third kappa shape index (κ3) is 3.66.